The van der Waals surface area contributed by atoms with Crippen molar-refractivity contribution in [3.63, 3.8) is 0 Å². The van der Waals surface area contributed by atoms with Crippen molar-refractivity contribution in [3.8, 4) is 0 Å². The summed E-state index contributed by atoms with van der Waals surface area (Å²) in [5.41, 5.74) is -1.12. The van der Waals surface area contributed by atoms with Gasteiger partial charge in [-0.1, -0.05) is 13.8 Å². The van der Waals surface area contributed by atoms with Crippen molar-refractivity contribution in [3.05, 3.63) is 0 Å². The zero-order chi connectivity index (χ0) is 19.8. The molecule has 2 fully saturated rings. The summed E-state index contributed by atoms with van der Waals surface area (Å²) in [5, 5.41) is 32.5. The van der Waals surface area contributed by atoms with Crippen LogP contribution in [0.5, 0.6) is 0 Å². The van der Waals surface area contributed by atoms with Crippen LogP contribution in [0, 0.1) is 16.7 Å². The van der Waals surface area contributed by atoms with Gasteiger partial charge in [0.1, 0.15) is 5.78 Å². The first kappa shape index (κ1) is 21.5. The van der Waals surface area contributed by atoms with Crippen molar-refractivity contribution in [1.29, 1.82) is 0 Å². The van der Waals surface area contributed by atoms with E-state index >= 15 is 0 Å². The third-order valence-electron chi connectivity index (χ3n) is 5.37. The molecule has 0 amide bonds. The number of hydrogen-bond acceptors (Lipinski definition) is 7. The maximum Gasteiger partial charge on any atom is 0.335 e. The molecule has 2 bridgehead atoms. The fourth-order valence-electron chi connectivity index (χ4n) is 3.69. The molecule has 2 aliphatic rings. The van der Waals surface area contributed by atoms with Gasteiger partial charge in [-0.15, -0.1) is 0 Å². The Morgan fingerprint density at radius 3 is 1.84 bits per heavy atom. The Labute approximate surface area is 144 Å². The number of fused-ring (bicyclic) bond motifs is 2. The summed E-state index contributed by atoms with van der Waals surface area (Å²) < 4.78 is 31.0. The maximum absolute atomic E-state index is 11.9. The minimum Gasteiger partial charge on any atom is -0.479 e. The molecule has 11 heteroatoms. The highest BCUT2D eigenvalue weighted by atomic mass is 32.2. The lowest BCUT2D eigenvalue weighted by Crippen LogP contribution is -2.42. The normalized spacial score (nSPS) is 29.5. The van der Waals surface area contributed by atoms with Gasteiger partial charge in [0, 0.05) is 6.42 Å². The first-order chi connectivity index (χ1) is 11.2. The Kier molecular flexibility index (Phi) is 6.00. The Hall–Kier alpha value is -1.56. The van der Waals surface area contributed by atoms with Gasteiger partial charge in [0.05, 0.1) is 11.2 Å². The summed E-state index contributed by atoms with van der Waals surface area (Å²) >= 11 is 0. The van der Waals surface area contributed by atoms with Gasteiger partial charge in [0.15, 0.2) is 12.2 Å². The van der Waals surface area contributed by atoms with Gasteiger partial charge in [-0.05, 0) is 24.2 Å². The predicted octanol–water partition coefficient (Wildman–Crippen LogP) is -0.853. The number of carbonyl (C=O) groups excluding carboxylic acids is 1. The maximum atomic E-state index is 11.9. The van der Waals surface area contributed by atoms with Gasteiger partial charge >= 0.3 is 11.9 Å². The number of carbonyl (C=O) groups is 3. The molecular formula is C14H22O10S. The molecule has 0 saturated heterocycles. The summed E-state index contributed by atoms with van der Waals surface area (Å²) in [6.45, 7) is 3.89. The molecule has 0 radical (unpaired) electrons. The van der Waals surface area contributed by atoms with E-state index < -0.39 is 45.4 Å². The van der Waals surface area contributed by atoms with Gasteiger partial charge in [-0.25, -0.2) is 9.59 Å². The largest absolute Gasteiger partial charge is 0.479 e. The van der Waals surface area contributed by atoms with E-state index in [0.29, 0.717) is 12.8 Å². The van der Waals surface area contributed by atoms with E-state index in [2.05, 4.69) is 0 Å². The Morgan fingerprint density at radius 2 is 1.60 bits per heavy atom. The standard InChI is InChI=1S/C10H16O4S.C4H6O6/c1-9(2)7-3-4-10(9,8(11)5-7)6-15(12,13)14;5-1(3(7)8)2(6)4(9)10/h7H,3-6H2,1-2H3,(H,12,13,14);1-2,5-6H,(H,7,8)(H,9,10). The van der Waals surface area contributed by atoms with E-state index in [1.54, 1.807) is 0 Å². The Balaban J connectivity index is 0.000000275. The highest BCUT2D eigenvalue weighted by molar-refractivity contribution is 7.85. The highest BCUT2D eigenvalue weighted by Crippen LogP contribution is 2.64. The van der Waals surface area contributed by atoms with E-state index in [1.807, 2.05) is 13.8 Å². The zero-order valence-electron chi connectivity index (χ0n) is 13.7. The van der Waals surface area contributed by atoms with Crippen LogP contribution < -0.4 is 0 Å². The minimum absolute atomic E-state index is 0.0152. The summed E-state index contributed by atoms with van der Waals surface area (Å²) in [5.74, 6) is -3.64. The fourth-order valence-corrected chi connectivity index (χ4v) is 4.99. The number of ketones is 1. The number of aliphatic carboxylic acids is 2. The van der Waals surface area contributed by atoms with Crippen LogP contribution in [0.25, 0.3) is 0 Å². The van der Waals surface area contributed by atoms with Crippen LogP contribution in [0.3, 0.4) is 0 Å². The summed E-state index contributed by atoms with van der Waals surface area (Å²) in [4.78, 5) is 31.4. The van der Waals surface area contributed by atoms with E-state index in [-0.39, 0.29) is 17.1 Å². The van der Waals surface area contributed by atoms with Crippen molar-refractivity contribution in [1.82, 2.24) is 0 Å². The number of Topliss-reactive ketones (excluding diaryl/α,β-unsaturated/α-hetero) is 1. The second-order valence-corrected chi connectivity index (χ2v) is 8.41. The smallest absolute Gasteiger partial charge is 0.335 e. The summed E-state index contributed by atoms with van der Waals surface area (Å²) in [6, 6.07) is 0. The van der Waals surface area contributed by atoms with Crippen LogP contribution in [-0.2, 0) is 24.5 Å². The molecular weight excluding hydrogens is 360 g/mol. The number of hydrogen-bond donors (Lipinski definition) is 5. The van der Waals surface area contributed by atoms with Crippen LogP contribution in [0.4, 0.5) is 0 Å². The Bertz CT molecular complexity index is 649. The number of rotatable bonds is 5. The molecule has 2 aliphatic carbocycles. The average Bonchev–Trinajstić information content (AvgIpc) is 2.78. The topological polar surface area (TPSA) is 186 Å². The zero-order valence-corrected chi connectivity index (χ0v) is 14.6. The molecule has 4 atom stereocenters. The molecule has 25 heavy (non-hydrogen) atoms. The number of aliphatic hydroxyl groups excluding tert-OH is 2. The summed E-state index contributed by atoms with van der Waals surface area (Å²) in [7, 11) is -4.08. The molecule has 0 heterocycles. The van der Waals surface area contributed by atoms with Crippen LogP contribution in [-0.4, -0.2) is 69.1 Å². The molecule has 144 valence electrons. The van der Waals surface area contributed by atoms with Crippen molar-refractivity contribution >= 4 is 27.8 Å². The molecule has 0 aromatic heterocycles. The first-order valence-electron chi connectivity index (χ1n) is 7.46. The van der Waals surface area contributed by atoms with Crippen LogP contribution in [0.2, 0.25) is 0 Å². The first-order valence-corrected chi connectivity index (χ1v) is 9.07. The molecule has 0 spiro atoms. The second-order valence-electron chi connectivity index (χ2n) is 6.96. The van der Waals surface area contributed by atoms with Gasteiger partial charge in [0.25, 0.3) is 10.1 Å². The van der Waals surface area contributed by atoms with Crippen LogP contribution >= 0.6 is 0 Å². The number of aliphatic hydroxyl groups is 2. The lowest BCUT2D eigenvalue weighted by atomic mass is 9.70. The average molecular weight is 382 g/mol. The molecule has 2 rings (SSSR count). The molecule has 0 aromatic rings. The molecule has 0 aromatic carbocycles. The van der Waals surface area contributed by atoms with Crippen molar-refractivity contribution in [2.24, 2.45) is 16.7 Å². The summed E-state index contributed by atoms with van der Waals surface area (Å²) in [6.07, 6.45) is -2.56. The minimum atomic E-state index is -4.08. The molecule has 4 unspecified atom stereocenters. The third kappa shape index (κ3) is 4.17. The van der Waals surface area contributed by atoms with Gasteiger partial charge < -0.3 is 20.4 Å². The molecule has 2 saturated carbocycles. The molecule has 10 nitrogen and oxygen atoms in total. The monoisotopic (exact) mass is 382 g/mol. The predicted molar refractivity (Wildman–Crippen MR) is 82.3 cm³/mol. The lowest BCUT2D eigenvalue weighted by Gasteiger charge is -2.35. The number of carboxylic acid groups (broad SMARTS) is 2. The van der Waals surface area contributed by atoms with Gasteiger partial charge in [-0.3, -0.25) is 9.35 Å². The van der Waals surface area contributed by atoms with Gasteiger partial charge in [-0.2, -0.15) is 8.42 Å². The quantitative estimate of drug-likeness (QED) is 0.375. The van der Waals surface area contributed by atoms with Crippen LogP contribution in [0.15, 0.2) is 0 Å². The molecule has 5 N–H and O–H groups in total. The van der Waals surface area contributed by atoms with E-state index in [4.69, 9.17) is 25.0 Å². The van der Waals surface area contributed by atoms with E-state index in [1.165, 1.54) is 0 Å². The Morgan fingerprint density at radius 1 is 1.16 bits per heavy atom. The number of carboxylic acids is 2. The third-order valence-corrected chi connectivity index (χ3v) is 6.23. The lowest BCUT2D eigenvalue weighted by molar-refractivity contribution is -0.165. The van der Waals surface area contributed by atoms with Crippen molar-refractivity contribution in [2.45, 2.75) is 45.3 Å². The van der Waals surface area contributed by atoms with Crippen LogP contribution in [0.1, 0.15) is 33.1 Å². The highest BCUT2D eigenvalue weighted by Gasteiger charge is 2.65. The van der Waals surface area contributed by atoms with E-state index in [9.17, 15) is 22.8 Å². The fraction of sp³-hybridized carbons (Fsp3) is 0.786. The van der Waals surface area contributed by atoms with E-state index in [0.717, 1.165) is 6.42 Å². The van der Waals surface area contributed by atoms with Crippen molar-refractivity contribution in [2.75, 3.05) is 5.75 Å². The SMILES string of the molecule is CC1(C)C2CCC1(CS(=O)(=O)O)C(=O)C2.O=C(O)C(O)C(O)C(=O)O. The molecule has 0 aliphatic heterocycles. The second kappa shape index (κ2) is 6.98. The van der Waals surface area contributed by atoms with Crippen molar-refractivity contribution < 1.29 is 47.8 Å². The van der Waals surface area contributed by atoms with Gasteiger partial charge in [0.2, 0.25) is 0 Å².